The number of hydrogen-bond acceptors (Lipinski definition) is 3. The number of aromatic amines is 1. The molecule has 5 heteroatoms. The van der Waals surface area contributed by atoms with Crippen LogP contribution in [0, 0.1) is 0 Å². The van der Waals surface area contributed by atoms with Gasteiger partial charge in [0.1, 0.15) is 5.56 Å². The van der Waals surface area contributed by atoms with Crippen LogP contribution >= 0.6 is 0 Å². The number of rotatable bonds is 4. The van der Waals surface area contributed by atoms with Crippen molar-refractivity contribution in [1.82, 2.24) is 9.88 Å². The lowest BCUT2D eigenvalue weighted by atomic mass is 10.1. The standard InChI is InChI=1S/C15H17N3O2/c1-2-18(10-11-3-5-12(16)6-4-11)15(20)13-9-17-8-7-14(13)19/h3-9H,2,10,16H2,1H3,(H,17,19). The summed E-state index contributed by atoms with van der Waals surface area (Å²) in [6.45, 7) is 2.85. The molecule has 0 saturated carbocycles. The Morgan fingerprint density at radius 3 is 2.55 bits per heavy atom. The molecule has 5 nitrogen and oxygen atoms in total. The van der Waals surface area contributed by atoms with E-state index in [1.807, 2.05) is 19.1 Å². The van der Waals surface area contributed by atoms with Gasteiger partial charge in [-0.15, -0.1) is 0 Å². The number of benzene rings is 1. The minimum Gasteiger partial charge on any atom is -0.399 e. The zero-order valence-electron chi connectivity index (χ0n) is 11.3. The van der Waals surface area contributed by atoms with Gasteiger partial charge in [0.05, 0.1) is 0 Å². The number of nitrogens with one attached hydrogen (secondary N) is 1. The molecule has 0 saturated heterocycles. The molecule has 0 spiro atoms. The first-order valence-electron chi connectivity index (χ1n) is 6.42. The van der Waals surface area contributed by atoms with Gasteiger partial charge in [-0.1, -0.05) is 12.1 Å². The molecular weight excluding hydrogens is 254 g/mol. The lowest BCUT2D eigenvalue weighted by Crippen LogP contribution is -2.33. The maximum Gasteiger partial charge on any atom is 0.259 e. The van der Waals surface area contributed by atoms with E-state index < -0.39 is 0 Å². The van der Waals surface area contributed by atoms with Crippen molar-refractivity contribution in [2.24, 2.45) is 0 Å². The molecule has 0 unspecified atom stereocenters. The average molecular weight is 271 g/mol. The van der Waals surface area contributed by atoms with Gasteiger partial charge in [-0.2, -0.15) is 0 Å². The summed E-state index contributed by atoms with van der Waals surface area (Å²) in [5, 5.41) is 0. The molecule has 2 aromatic rings. The molecule has 0 atom stereocenters. The number of nitrogens with zero attached hydrogens (tertiary/aromatic N) is 1. The molecule has 1 aromatic heterocycles. The zero-order chi connectivity index (χ0) is 14.5. The van der Waals surface area contributed by atoms with Crippen molar-refractivity contribution in [3.05, 3.63) is 64.1 Å². The Bertz CT molecular complexity index is 647. The Labute approximate surface area is 117 Å². The van der Waals surface area contributed by atoms with Crippen molar-refractivity contribution in [3.63, 3.8) is 0 Å². The summed E-state index contributed by atoms with van der Waals surface area (Å²) in [6.07, 6.45) is 2.95. The number of carbonyl (C=O) groups is 1. The van der Waals surface area contributed by atoms with Crippen LogP contribution in [0.25, 0.3) is 0 Å². The van der Waals surface area contributed by atoms with Crippen LogP contribution in [0.2, 0.25) is 0 Å². The van der Waals surface area contributed by atoms with Crippen molar-refractivity contribution >= 4 is 11.6 Å². The highest BCUT2D eigenvalue weighted by Crippen LogP contribution is 2.10. The Morgan fingerprint density at radius 2 is 1.95 bits per heavy atom. The van der Waals surface area contributed by atoms with Gasteiger partial charge in [0.2, 0.25) is 0 Å². The molecule has 1 heterocycles. The molecule has 0 fully saturated rings. The number of pyridine rings is 1. The van der Waals surface area contributed by atoms with Crippen molar-refractivity contribution < 1.29 is 4.79 Å². The number of anilines is 1. The largest absolute Gasteiger partial charge is 0.399 e. The maximum atomic E-state index is 12.3. The average Bonchev–Trinajstić information content (AvgIpc) is 2.46. The van der Waals surface area contributed by atoms with Gasteiger partial charge in [-0.25, -0.2) is 0 Å². The van der Waals surface area contributed by atoms with E-state index in [-0.39, 0.29) is 16.9 Å². The van der Waals surface area contributed by atoms with Crippen LogP contribution in [0.15, 0.2) is 47.5 Å². The molecule has 1 amide bonds. The number of hydrogen-bond donors (Lipinski definition) is 2. The number of nitrogen functional groups attached to an aromatic ring is 1. The summed E-state index contributed by atoms with van der Waals surface area (Å²) in [7, 11) is 0. The minimum absolute atomic E-state index is 0.157. The van der Waals surface area contributed by atoms with E-state index >= 15 is 0 Å². The van der Waals surface area contributed by atoms with E-state index in [0.29, 0.717) is 18.8 Å². The summed E-state index contributed by atoms with van der Waals surface area (Å²) < 4.78 is 0. The Kier molecular flexibility index (Phi) is 4.20. The summed E-state index contributed by atoms with van der Waals surface area (Å²) in [5.41, 5.74) is 7.18. The summed E-state index contributed by atoms with van der Waals surface area (Å²) in [4.78, 5) is 28.4. The number of nitrogens with two attached hydrogens (primary N) is 1. The first-order valence-corrected chi connectivity index (χ1v) is 6.42. The quantitative estimate of drug-likeness (QED) is 0.829. The molecule has 0 bridgehead atoms. The molecule has 0 aliphatic rings. The second-order valence-electron chi connectivity index (χ2n) is 4.48. The predicted octanol–water partition coefficient (Wildman–Crippen LogP) is 1.62. The van der Waals surface area contributed by atoms with E-state index in [2.05, 4.69) is 4.98 Å². The fraction of sp³-hybridized carbons (Fsp3) is 0.200. The van der Waals surface area contributed by atoms with Crippen molar-refractivity contribution in [3.8, 4) is 0 Å². The van der Waals surface area contributed by atoms with E-state index in [1.54, 1.807) is 17.0 Å². The Hall–Kier alpha value is -2.56. The predicted molar refractivity (Wildman–Crippen MR) is 78.3 cm³/mol. The van der Waals surface area contributed by atoms with Crippen LogP contribution in [0.4, 0.5) is 5.69 Å². The van der Waals surface area contributed by atoms with Crippen molar-refractivity contribution in [2.75, 3.05) is 12.3 Å². The Balaban J connectivity index is 2.20. The second kappa shape index (κ2) is 6.06. The third-order valence-corrected chi connectivity index (χ3v) is 3.08. The minimum atomic E-state index is -0.274. The lowest BCUT2D eigenvalue weighted by Gasteiger charge is -2.20. The van der Waals surface area contributed by atoms with E-state index in [1.165, 1.54) is 18.5 Å². The monoisotopic (exact) mass is 271 g/mol. The van der Waals surface area contributed by atoms with Gasteiger partial charge in [0, 0.05) is 37.2 Å². The third kappa shape index (κ3) is 3.06. The fourth-order valence-corrected chi connectivity index (χ4v) is 1.92. The molecule has 1 aromatic carbocycles. The van der Waals surface area contributed by atoms with E-state index in [4.69, 9.17) is 5.73 Å². The number of amides is 1. The number of carbonyl (C=O) groups excluding carboxylic acids is 1. The Morgan fingerprint density at radius 1 is 1.25 bits per heavy atom. The van der Waals surface area contributed by atoms with Gasteiger partial charge in [0.15, 0.2) is 5.43 Å². The molecule has 0 radical (unpaired) electrons. The number of H-pyrrole nitrogens is 1. The number of aromatic nitrogens is 1. The van der Waals surface area contributed by atoms with Gasteiger partial charge in [-0.3, -0.25) is 9.59 Å². The third-order valence-electron chi connectivity index (χ3n) is 3.08. The summed E-state index contributed by atoms with van der Waals surface area (Å²) in [5.74, 6) is -0.272. The highest BCUT2D eigenvalue weighted by Gasteiger charge is 2.17. The maximum absolute atomic E-state index is 12.3. The van der Waals surface area contributed by atoms with Crippen LogP contribution in [-0.4, -0.2) is 22.3 Å². The first-order chi connectivity index (χ1) is 9.61. The van der Waals surface area contributed by atoms with Crippen LogP contribution < -0.4 is 11.2 Å². The lowest BCUT2D eigenvalue weighted by molar-refractivity contribution is 0.0751. The van der Waals surface area contributed by atoms with Crippen LogP contribution in [0.3, 0.4) is 0 Å². The van der Waals surface area contributed by atoms with Crippen LogP contribution in [-0.2, 0) is 6.54 Å². The molecule has 0 aliphatic carbocycles. The van der Waals surface area contributed by atoms with Crippen LogP contribution in [0.1, 0.15) is 22.8 Å². The topological polar surface area (TPSA) is 79.2 Å². The highest BCUT2D eigenvalue weighted by molar-refractivity contribution is 5.93. The van der Waals surface area contributed by atoms with E-state index in [0.717, 1.165) is 5.56 Å². The molecular formula is C15H17N3O2. The fourth-order valence-electron chi connectivity index (χ4n) is 1.92. The molecule has 3 N–H and O–H groups in total. The first kappa shape index (κ1) is 13.9. The second-order valence-corrected chi connectivity index (χ2v) is 4.48. The molecule has 104 valence electrons. The smallest absolute Gasteiger partial charge is 0.259 e. The van der Waals surface area contributed by atoms with Gasteiger partial charge in [0.25, 0.3) is 5.91 Å². The van der Waals surface area contributed by atoms with Gasteiger partial charge < -0.3 is 15.6 Å². The van der Waals surface area contributed by atoms with Crippen LogP contribution in [0.5, 0.6) is 0 Å². The van der Waals surface area contributed by atoms with Crippen molar-refractivity contribution in [2.45, 2.75) is 13.5 Å². The molecule has 0 aliphatic heterocycles. The highest BCUT2D eigenvalue weighted by atomic mass is 16.2. The summed E-state index contributed by atoms with van der Waals surface area (Å²) >= 11 is 0. The van der Waals surface area contributed by atoms with Gasteiger partial charge >= 0.3 is 0 Å². The molecule has 2 rings (SSSR count). The normalized spacial score (nSPS) is 10.2. The summed E-state index contributed by atoms with van der Waals surface area (Å²) in [6, 6.07) is 8.69. The van der Waals surface area contributed by atoms with E-state index in [9.17, 15) is 9.59 Å². The molecule has 20 heavy (non-hydrogen) atoms. The van der Waals surface area contributed by atoms with Gasteiger partial charge in [-0.05, 0) is 24.6 Å². The SMILES string of the molecule is CCN(Cc1ccc(N)cc1)C(=O)c1c[nH]ccc1=O. The zero-order valence-corrected chi connectivity index (χ0v) is 11.3. The van der Waals surface area contributed by atoms with Crippen molar-refractivity contribution in [1.29, 1.82) is 0 Å².